The minimum Gasteiger partial charge on any atom is -0.461 e. The number of benzene rings is 2. The molecule has 7 heteroatoms. The molecule has 0 radical (unpaired) electrons. The summed E-state index contributed by atoms with van der Waals surface area (Å²) in [7, 11) is 0. The fourth-order valence-electron chi connectivity index (χ4n) is 2.79. The third kappa shape index (κ3) is 4.72. The smallest absolute Gasteiger partial charge is 0.338 e. The summed E-state index contributed by atoms with van der Waals surface area (Å²) in [6.07, 6.45) is -2.97. The summed E-state index contributed by atoms with van der Waals surface area (Å²) in [5.74, 6) is -1.24. The Bertz CT molecular complexity index is 837. The normalized spacial score (nSPS) is 24.0. The van der Waals surface area contributed by atoms with Gasteiger partial charge in [-0.2, -0.15) is 0 Å². The Morgan fingerprint density at radius 3 is 2.00 bits per heavy atom. The zero-order valence-electron chi connectivity index (χ0n) is 15.5. The van der Waals surface area contributed by atoms with Crippen LogP contribution >= 0.6 is 11.8 Å². The predicted octanol–water partition coefficient (Wildman–Crippen LogP) is 3.46. The molecule has 1 unspecified atom stereocenters. The highest BCUT2D eigenvalue weighted by atomic mass is 32.2. The van der Waals surface area contributed by atoms with Gasteiger partial charge in [-0.3, -0.25) is 0 Å². The lowest BCUT2D eigenvalue weighted by molar-refractivity contribution is -0.0112. The lowest BCUT2D eigenvalue weighted by atomic mass is 10.1. The van der Waals surface area contributed by atoms with Crippen LogP contribution in [0.5, 0.6) is 0 Å². The van der Waals surface area contributed by atoms with Crippen LogP contribution in [0.15, 0.2) is 48.5 Å². The number of alkyl halides is 1. The quantitative estimate of drug-likeness (QED) is 0.770. The maximum atomic E-state index is 14.4. The fraction of sp³-hybridized carbons (Fsp3) is 0.333. The maximum Gasteiger partial charge on any atom is 0.338 e. The van der Waals surface area contributed by atoms with Crippen LogP contribution in [0.2, 0.25) is 0 Å². The lowest BCUT2D eigenvalue weighted by Crippen LogP contribution is -2.36. The van der Waals surface area contributed by atoms with Crippen molar-refractivity contribution in [2.24, 2.45) is 0 Å². The van der Waals surface area contributed by atoms with E-state index in [1.165, 1.54) is 0 Å². The highest BCUT2D eigenvalue weighted by Crippen LogP contribution is 2.37. The monoisotopic (exact) mass is 404 g/mol. The predicted molar refractivity (Wildman–Crippen MR) is 104 cm³/mol. The van der Waals surface area contributed by atoms with E-state index in [0.717, 1.165) is 22.9 Å². The van der Waals surface area contributed by atoms with Crippen molar-refractivity contribution in [3.63, 3.8) is 0 Å². The number of rotatable bonds is 5. The largest absolute Gasteiger partial charge is 0.461 e. The van der Waals surface area contributed by atoms with Gasteiger partial charge in [0.25, 0.3) is 0 Å². The van der Waals surface area contributed by atoms with Gasteiger partial charge in [0.05, 0.1) is 16.4 Å². The van der Waals surface area contributed by atoms with Crippen molar-refractivity contribution in [2.45, 2.75) is 36.8 Å². The number of halogens is 1. The molecule has 1 N–H and O–H groups in total. The van der Waals surface area contributed by atoms with Crippen LogP contribution in [0, 0.1) is 13.8 Å². The molecule has 0 saturated carbocycles. The molecule has 1 fully saturated rings. The number of hydrogen-bond donors (Lipinski definition) is 1. The van der Waals surface area contributed by atoms with Gasteiger partial charge >= 0.3 is 11.9 Å². The second-order valence-corrected chi connectivity index (χ2v) is 8.07. The number of aliphatic hydroxyl groups is 1. The molecule has 2 aromatic carbocycles. The van der Waals surface area contributed by atoms with Crippen LogP contribution in [0.25, 0.3) is 0 Å². The Balaban J connectivity index is 1.63. The highest BCUT2D eigenvalue weighted by Gasteiger charge is 2.47. The van der Waals surface area contributed by atoms with Crippen molar-refractivity contribution in [1.29, 1.82) is 0 Å². The average molecular weight is 404 g/mol. The average Bonchev–Trinajstić information content (AvgIpc) is 2.95. The molecular formula is C21H21FO5S. The Morgan fingerprint density at radius 2 is 1.46 bits per heavy atom. The van der Waals surface area contributed by atoms with Crippen molar-refractivity contribution >= 4 is 23.7 Å². The summed E-state index contributed by atoms with van der Waals surface area (Å²) >= 11 is 0.887. The number of esters is 2. The molecule has 1 aliphatic heterocycles. The van der Waals surface area contributed by atoms with E-state index < -0.39 is 34.9 Å². The zero-order valence-corrected chi connectivity index (χ0v) is 16.3. The van der Waals surface area contributed by atoms with Gasteiger partial charge in [-0.1, -0.05) is 35.4 Å². The van der Waals surface area contributed by atoms with E-state index in [4.69, 9.17) is 9.47 Å². The Labute approximate surface area is 166 Å². The van der Waals surface area contributed by atoms with Gasteiger partial charge < -0.3 is 14.6 Å². The molecule has 1 heterocycles. The molecule has 0 spiro atoms. The van der Waals surface area contributed by atoms with Crippen molar-refractivity contribution in [3.8, 4) is 0 Å². The molecule has 2 aromatic rings. The summed E-state index contributed by atoms with van der Waals surface area (Å²) in [4.78, 5) is 24.5. The highest BCUT2D eigenvalue weighted by molar-refractivity contribution is 8.00. The molecule has 5 nitrogen and oxygen atoms in total. The first-order valence-corrected chi connectivity index (χ1v) is 9.78. The second-order valence-electron chi connectivity index (χ2n) is 6.71. The summed E-state index contributed by atoms with van der Waals surface area (Å²) in [6, 6.07) is 13.5. The van der Waals surface area contributed by atoms with Gasteiger partial charge in [-0.05, 0) is 38.1 Å². The summed E-state index contributed by atoms with van der Waals surface area (Å²) in [5, 5.41) is 9.13. The van der Waals surface area contributed by atoms with Crippen LogP contribution in [0.3, 0.4) is 0 Å². The third-order valence-electron chi connectivity index (χ3n) is 4.46. The van der Waals surface area contributed by atoms with E-state index in [2.05, 4.69) is 0 Å². The molecule has 1 saturated heterocycles. The molecule has 0 bridgehead atoms. The SMILES string of the molecule is Cc1ccc(C(=O)OC[C@H]2SC(O)[C@@H](F)[C@@H]2OC(=O)c2ccc(C)cc2)cc1. The number of aliphatic hydroxyl groups excluding tert-OH is 1. The first-order valence-electron chi connectivity index (χ1n) is 8.84. The second kappa shape index (κ2) is 8.75. The van der Waals surface area contributed by atoms with E-state index in [-0.39, 0.29) is 6.61 Å². The number of ether oxygens (including phenoxy) is 2. The molecule has 3 rings (SSSR count). The first kappa shape index (κ1) is 20.4. The molecule has 4 atom stereocenters. The Kier molecular flexibility index (Phi) is 6.36. The van der Waals surface area contributed by atoms with E-state index in [1.807, 2.05) is 13.8 Å². The number of thioether (sulfide) groups is 1. The van der Waals surface area contributed by atoms with E-state index in [9.17, 15) is 19.1 Å². The fourth-order valence-corrected chi connectivity index (χ4v) is 3.96. The maximum absolute atomic E-state index is 14.4. The zero-order chi connectivity index (χ0) is 20.3. The lowest BCUT2D eigenvalue weighted by Gasteiger charge is -2.20. The molecule has 0 aliphatic carbocycles. The molecule has 1 aliphatic rings. The van der Waals surface area contributed by atoms with Crippen LogP contribution in [0.1, 0.15) is 31.8 Å². The minimum absolute atomic E-state index is 0.180. The van der Waals surface area contributed by atoms with Crippen LogP contribution in [-0.2, 0) is 9.47 Å². The standard InChI is InChI=1S/C21H21FO5S/c1-12-3-7-14(8-4-12)19(23)26-11-16-18(17(22)21(25)28-16)27-20(24)15-9-5-13(2)6-10-15/h3-10,16-18,21,25H,11H2,1-2H3/t16-,17+,18-,21?/m1/s1. The van der Waals surface area contributed by atoms with Crippen molar-refractivity contribution < 1.29 is 28.6 Å². The minimum atomic E-state index is -1.76. The van der Waals surface area contributed by atoms with Crippen molar-refractivity contribution in [1.82, 2.24) is 0 Å². The van der Waals surface area contributed by atoms with Crippen molar-refractivity contribution in [3.05, 3.63) is 70.8 Å². The van der Waals surface area contributed by atoms with E-state index in [1.54, 1.807) is 48.5 Å². The molecule has 0 amide bonds. The summed E-state index contributed by atoms with van der Waals surface area (Å²) in [5.41, 5.74) is 1.31. The summed E-state index contributed by atoms with van der Waals surface area (Å²) < 4.78 is 24.9. The topological polar surface area (TPSA) is 72.8 Å². The van der Waals surface area contributed by atoms with Crippen LogP contribution in [0.4, 0.5) is 4.39 Å². The van der Waals surface area contributed by atoms with Gasteiger partial charge in [0.2, 0.25) is 0 Å². The Hall–Kier alpha value is -2.38. The van der Waals surface area contributed by atoms with Crippen molar-refractivity contribution in [2.75, 3.05) is 6.61 Å². The number of aryl methyl sites for hydroxylation is 2. The third-order valence-corrected chi connectivity index (χ3v) is 5.76. The first-order chi connectivity index (χ1) is 13.3. The molecule has 0 aromatic heterocycles. The molecule has 28 heavy (non-hydrogen) atoms. The van der Waals surface area contributed by atoms with E-state index >= 15 is 0 Å². The van der Waals surface area contributed by atoms with Gasteiger partial charge in [0.15, 0.2) is 12.3 Å². The van der Waals surface area contributed by atoms with E-state index in [0.29, 0.717) is 11.1 Å². The Morgan fingerprint density at radius 1 is 0.964 bits per heavy atom. The number of carbonyl (C=O) groups excluding carboxylic acids is 2. The summed E-state index contributed by atoms with van der Waals surface area (Å²) in [6.45, 7) is 3.61. The van der Waals surface area contributed by atoms with Gasteiger partial charge in [-0.25, -0.2) is 14.0 Å². The van der Waals surface area contributed by atoms with Gasteiger partial charge in [-0.15, -0.1) is 11.8 Å². The number of hydrogen-bond acceptors (Lipinski definition) is 6. The van der Waals surface area contributed by atoms with Gasteiger partial charge in [0, 0.05) is 0 Å². The number of carbonyl (C=O) groups is 2. The van der Waals surface area contributed by atoms with Crippen LogP contribution in [-0.4, -0.2) is 46.6 Å². The van der Waals surface area contributed by atoms with Gasteiger partial charge in [0.1, 0.15) is 12.0 Å². The molecule has 148 valence electrons. The van der Waals surface area contributed by atoms with Crippen LogP contribution < -0.4 is 0 Å². The molecular weight excluding hydrogens is 383 g/mol.